The second-order valence-electron chi connectivity index (χ2n) is 3.88. The van der Waals surface area contributed by atoms with Gasteiger partial charge in [-0.1, -0.05) is 0 Å². The summed E-state index contributed by atoms with van der Waals surface area (Å²) in [6, 6.07) is 0. The van der Waals surface area contributed by atoms with E-state index in [0.29, 0.717) is 0 Å². The third kappa shape index (κ3) is 7.74. The molecule has 5 nitrogen and oxygen atoms in total. The van der Waals surface area contributed by atoms with Crippen LogP contribution in [0.5, 0.6) is 0 Å². The Morgan fingerprint density at radius 1 is 1.07 bits per heavy atom. The molecule has 0 aliphatic carbocycles. The van der Waals surface area contributed by atoms with Crippen molar-refractivity contribution in [2.75, 3.05) is 0 Å². The molecule has 0 N–H and O–H groups in total. The van der Waals surface area contributed by atoms with Gasteiger partial charge in [-0.15, -0.1) is 0 Å². The van der Waals surface area contributed by atoms with Crippen LogP contribution in [0.3, 0.4) is 0 Å². The van der Waals surface area contributed by atoms with Crippen LogP contribution >= 0.6 is 21.8 Å². The zero-order valence-corrected chi connectivity index (χ0v) is 12.6. The predicted octanol–water partition coefficient (Wildman–Crippen LogP) is 1.80. The van der Waals surface area contributed by atoms with Crippen LogP contribution in [-0.2, 0) is 22.9 Å². The Bertz CT molecular complexity index is 244. The summed E-state index contributed by atoms with van der Waals surface area (Å²) in [6.45, 7) is 7.87. The molecule has 0 bridgehead atoms. The lowest BCUT2D eigenvalue weighted by Gasteiger charge is -2.29. The minimum Gasteiger partial charge on any atom is -0.457 e. The molecule has 0 aromatic rings. The van der Waals surface area contributed by atoms with Crippen molar-refractivity contribution < 1.29 is 22.9 Å². The number of rotatable bonds is 3. The Hall–Kier alpha value is -0.153. The maximum absolute atomic E-state index is 10.9. The van der Waals surface area contributed by atoms with Crippen LogP contribution in [0.25, 0.3) is 0 Å². The highest BCUT2D eigenvalue weighted by molar-refractivity contribution is 14.1. The minimum atomic E-state index is -3.24. The molecule has 0 saturated carbocycles. The summed E-state index contributed by atoms with van der Waals surface area (Å²) >= 11 is 1.76. The van der Waals surface area contributed by atoms with Crippen LogP contribution in [0.2, 0.25) is 0 Å². The lowest BCUT2D eigenvalue weighted by molar-refractivity contribution is -0.142. The van der Waals surface area contributed by atoms with E-state index in [0.717, 1.165) is 0 Å². The fraction of sp³-hybridized carbons (Fsp3) is 0.750. The van der Waals surface area contributed by atoms with Gasteiger partial charge in [-0.25, -0.2) is 0 Å². The third-order valence-electron chi connectivity index (χ3n) is 0.959. The molecule has 0 radical (unpaired) electrons. The highest BCUT2D eigenvalue weighted by Gasteiger charge is 2.48. The van der Waals surface area contributed by atoms with E-state index >= 15 is 0 Å². The van der Waals surface area contributed by atoms with Gasteiger partial charge < -0.3 is 13.3 Å². The Kier molecular flexibility index (Phi) is 5.20. The van der Waals surface area contributed by atoms with Gasteiger partial charge >= 0.3 is 6.30 Å². The Labute approximate surface area is 103 Å². The quantitative estimate of drug-likeness (QED) is 0.443. The molecule has 88 valence electrons. The van der Waals surface area contributed by atoms with Gasteiger partial charge in [-0.05, 0) is 20.8 Å². The smallest absolute Gasteiger partial charge is 0.457 e. The molecular formula is C8H15IO5Si. The molecule has 0 aliphatic rings. The average Bonchev–Trinajstić information content (AvgIpc) is 1.73. The number of hydrogen-bond donors (Lipinski definition) is 0. The monoisotopic (exact) mass is 346 g/mol. The molecule has 0 heterocycles. The van der Waals surface area contributed by atoms with Gasteiger partial charge in [0.15, 0.2) is 0 Å². The first-order valence-corrected chi connectivity index (χ1v) is 9.16. The highest BCUT2D eigenvalue weighted by atomic mass is 127. The SMILES string of the molecule is CC(=O)O[Si](I)(OC(C)=O)OC(C)(C)C. The van der Waals surface area contributed by atoms with Gasteiger partial charge in [0, 0.05) is 35.6 Å². The number of carbonyl (C=O) groups is 2. The molecule has 7 heteroatoms. The first kappa shape index (κ1) is 14.8. The van der Waals surface area contributed by atoms with Crippen LogP contribution < -0.4 is 0 Å². The van der Waals surface area contributed by atoms with Gasteiger partial charge in [0.05, 0.1) is 5.60 Å². The van der Waals surface area contributed by atoms with Crippen molar-refractivity contribution in [2.24, 2.45) is 0 Å². The van der Waals surface area contributed by atoms with Crippen LogP contribution in [0.1, 0.15) is 34.6 Å². The van der Waals surface area contributed by atoms with E-state index < -0.39 is 23.8 Å². The summed E-state index contributed by atoms with van der Waals surface area (Å²) in [5.74, 6) is -1.05. The van der Waals surface area contributed by atoms with E-state index in [2.05, 4.69) is 0 Å². The van der Waals surface area contributed by atoms with Crippen molar-refractivity contribution in [1.29, 1.82) is 0 Å². The molecule has 0 aromatic carbocycles. The summed E-state index contributed by atoms with van der Waals surface area (Å²) < 4.78 is 15.4. The Morgan fingerprint density at radius 3 is 1.60 bits per heavy atom. The van der Waals surface area contributed by atoms with Crippen molar-refractivity contribution in [1.82, 2.24) is 0 Å². The summed E-state index contributed by atoms with van der Waals surface area (Å²) in [7, 11) is 0. The molecule has 0 fully saturated rings. The molecule has 0 atom stereocenters. The van der Waals surface area contributed by atoms with Gasteiger partial charge in [-0.2, -0.15) is 0 Å². The van der Waals surface area contributed by atoms with Crippen molar-refractivity contribution in [3.8, 4) is 0 Å². The minimum absolute atomic E-state index is 0.526. The standard InChI is InChI=1S/C8H15IO5Si/c1-6(10)12-15(9,13-7(2)11)14-8(3,4)5/h1-5H3. The molecule has 0 spiro atoms. The number of carbonyl (C=O) groups excluding carboxylic acids is 2. The molecule has 0 aliphatic heterocycles. The van der Waals surface area contributed by atoms with E-state index in [1.807, 2.05) is 0 Å². The maximum atomic E-state index is 10.9. The average molecular weight is 346 g/mol. The van der Waals surface area contributed by atoms with Crippen molar-refractivity contribution in [2.45, 2.75) is 40.2 Å². The summed E-state index contributed by atoms with van der Waals surface area (Å²) in [5, 5.41) is 0. The number of halogens is 1. The van der Waals surface area contributed by atoms with Crippen molar-refractivity contribution >= 4 is 40.0 Å². The topological polar surface area (TPSA) is 61.8 Å². The third-order valence-corrected chi connectivity index (χ3v) is 4.86. The lowest BCUT2D eigenvalue weighted by Crippen LogP contribution is -2.47. The van der Waals surface area contributed by atoms with Crippen molar-refractivity contribution in [3.63, 3.8) is 0 Å². The zero-order chi connectivity index (χ0) is 12.3. The Balaban J connectivity index is 4.69. The second kappa shape index (κ2) is 5.26. The zero-order valence-electron chi connectivity index (χ0n) is 9.42. The highest BCUT2D eigenvalue weighted by Crippen LogP contribution is 2.25. The summed E-state index contributed by atoms with van der Waals surface area (Å²) in [5.41, 5.74) is -0.543. The molecule has 15 heavy (non-hydrogen) atoms. The molecular weight excluding hydrogens is 331 g/mol. The van der Waals surface area contributed by atoms with Crippen LogP contribution in [0.4, 0.5) is 0 Å². The fourth-order valence-electron chi connectivity index (χ4n) is 0.772. The van der Waals surface area contributed by atoms with E-state index in [-0.39, 0.29) is 0 Å². The van der Waals surface area contributed by atoms with E-state index in [1.165, 1.54) is 13.8 Å². The summed E-state index contributed by atoms with van der Waals surface area (Å²) in [6.07, 6.45) is -3.24. The fourth-order valence-corrected chi connectivity index (χ4v) is 6.16. The van der Waals surface area contributed by atoms with Crippen LogP contribution in [0, 0.1) is 0 Å². The Morgan fingerprint density at radius 2 is 1.40 bits per heavy atom. The first-order chi connectivity index (χ1) is 6.54. The second-order valence-corrected chi connectivity index (χ2v) is 9.42. The van der Waals surface area contributed by atoms with Gasteiger partial charge in [0.25, 0.3) is 11.9 Å². The van der Waals surface area contributed by atoms with E-state index in [9.17, 15) is 9.59 Å². The molecule has 0 aromatic heterocycles. The van der Waals surface area contributed by atoms with Gasteiger partial charge in [0.1, 0.15) is 0 Å². The molecule has 0 amide bonds. The lowest BCUT2D eigenvalue weighted by atomic mass is 10.2. The van der Waals surface area contributed by atoms with Crippen LogP contribution in [-0.4, -0.2) is 23.8 Å². The predicted molar refractivity (Wildman–Crippen MR) is 64.1 cm³/mol. The van der Waals surface area contributed by atoms with E-state index in [1.54, 1.807) is 42.6 Å². The molecule has 0 rings (SSSR count). The number of hydrogen-bond acceptors (Lipinski definition) is 5. The largest absolute Gasteiger partial charge is 0.707 e. The van der Waals surface area contributed by atoms with Crippen molar-refractivity contribution in [3.05, 3.63) is 0 Å². The normalized spacial score (nSPS) is 12.1. The van der Waals surface area contributed by atoms with Gasteiger partial charge in [0.2, 0.25) is 0 Å². The maximum Gasteiger partial charge on any atom is 0.707 e. The summed E-state index contributed by atoms with van der Waals surface area (Å²) in [4.78, 5) is 21.7. The van der Waals surface area contributed by atoms with E-state index in [4.69, 9.17) is 13.3 Å². The van der Waals surface area contributed by atoms with Crippen LogP contribution in [0.15, 0.2) is 0 Å². The van der Waals surface area contributed by atoms with Gasteiger partial charge in [-0.3, -0.25) is 9.59 Å². The molecule has 0 saturated heterocycles. The molecule has 0 unspecified atom stereocenters. The first-order valence-electron chi connectivity index (χ1n) is 4.32.